The van der Waals surface area contributed by atoms with Crippen molar-refractivity contribution < 1.29 is 14.3 Å². The maximum atomic E-state index is 13.2. The highest BCUT2D eigenvalue weighted by Gasteiger charge is 2.20. The average molecular weight is 469 g/mol. The summed E-state index contributed by atoms with van der Waals surface area (Å²) in [5.74, 6) is 2.33. The summed E-state index contributed by atoms with van der Waals surface area (Å²) in [5, 5.41) is 4.95. The number of rotatable bonds is 10. The third-order valence-corrected chi connectivity index (χ3v) is 6.93. The molecule has 1 amide bonds. The van der Waals surface area contributed by atoms with E-state index in [0.29, 0.717) is 30.4 Å². The number of ether oxygens (including phenoxy) is 2. The second-order valence-electron chi connectivity index (χ2n) is 6.92. The van der Waals surface area contributed by atoms with Crippen molar-refractivity contribution in [2.75, 3.05) is 31.4 Å². The van der Waals surface area contributed by atoms with Crippen molar-refractivity contribution in [1.29, 1.82) is 0 Å². The Labute approximate surface area is 195 Å². The molecule has 0 aliphatic heterocycles. The van der Waals surface area contributed by atoms with Crippen LogP contribution >= 0.6 is 23.1 Å². The topological polar surface area (TPSA) is 69.5 Å². The summed E-state index contributed by atoms with van der Waals surface area (Å²) in [6.45, 7) is 1.11. The molecule has 0 bridgehead atoms. The predicted molar refractivity (Wildman–Crippen MR) is 129 cm³/mol. The Balaban J connectivity index is 1.47. The van der Waals surface area contributed by atoms with Gasteiger partial charge in [-0.3, -0.25) is 14.4 Å². The van der Waals surface area contributed by atoms with Crippen LogP contribution in [0.2, 0.25) is 0 Å². The summed E-state index contributed by atoms with van der Waals surface area (Å²) in [5.41, 5.74) is 0.857. The minimum absolute atomic E-state index is 0.0455. The fourth-order valence-electron chi connectivity index (χ4n) is 3.16. The molecule has 0 unspecified atom stereocenters. The zero-order chi connectivity index (χ0) is 22.3. The van der Waals surface area contributed by atoms with E-state index in [4.69, 9.17) is 14.5 Å². The molecular weight excluding hydrogens is 444 g/mol. The number of thiazole rings is 1. The van der Waals surface area contributed by atoms with Crippen LogP contribution in [0.4, 0.5) is 5.13 Å². The summed E-state index contributed by atoms with van der Waals surface area (Å²) in [6.07, 6.45) is 4.04. The highest BCUT2D eigenvalue weighted by molar-refractivity contribution is 7.99. The number of methoxy groups -OCH3 is 2. The van der Waals surface area contributed by atoms with E-state index in [0.717, 1.165) is 26.6 Å². The summed E-state index contributed by atoms with van der Waals surface area (Å²) >= 11 is 3.15. The Morgan fingerprint density at radius 2 is 1.91 bits per heavy atom. The molecule has 0 atom stereocenters. The van der Waals surface area contributed by atoms with Gasteiger partial charge in [-0.15, -0.1) is 11.8 Å². The standard InChI is InChI=1S/C23H24N4O3S2/c1-29-17-4-7-19(8-5-17)31-15-10-22(28)27(14-13-26-12-3-11-24-26)23-25-20-9-6-18(30-2)16-21(20)32-23/h3-9,11-12,16H,10,13-15H2,1-2H3. The second kappa shape index (κ2) is 10.5. The van der Waals surface area contributed by atoms with E-state index in [9.17, 15) is 4.79 Å². The van der Waals surface area contributed by atoms with Crippen LogP contribution in [0, 0.1) is 0 Å². The summed E-state index contributed by atoms with van der Waals surface area (Å²) in [7, 11) is 3.29. The number of nitrogens with zero attached hydrogens (tertiary/aromatic N) is 4. The smallest absolute Gasteiger partial charge is 0.229 e. The van der Waals surface area contributed by atoms with Crippen molar-refractivity contribution >= 4 is 44.4 Å². The van der Waals surface area contributed by atoms with Gasteiger partial charge in [0.15, 0.2) is 5.13 Å². The normalized spacial score (nSPS) is 10.9. The van der Waals surface area contributed by atoms with Gasteiger partial charge in [0.05, 0.1) is 31.0 Å². The fraction of sp³-hybridized carbons (Fsp3) is 0.261. The van der Waals surface area contributed by atoms with Gasteiger partial charge in [0.1, 0.15) is 11.5 Å². The molecule has 2 aromatic heterocycles. The zero-order valence-corrected chi connectivity index (χ0v) is 19.6. The van der Waals surface area contributed by atoms with Crippen molar-refractivity contribution in [3.8, 4) is 11.5 Å². The first-order valence-electron chi connectivity index (χ1n) is 10.2. The Morgan fingerprint density at radius 1 is 1.12 bits per heavy atom. The van der Waals surface area contributed by atoms with Gasteiger partial charge in [-0.05, 0) is 48.5 Å². The van der Waals surface area contributed by atoms with Crippen LogP contribution < -0.4 is 14.4 Å². The second-order valence-corrected chi connectivity index (χ2v) is 9.10. The highest BCUT2D eigenvalue weighted by Crippen LogP contribution is 2.32. The molecule has 4 rings (SSSR count). The van der Waals surface area contributed by atoms with Gasteiger partial charge in [0.25, 0.3) is 0 Å². The maximum absolute atomic E-state index is 13.2. The first kappa shape index (κ1) is 22.2. The van der Waals surface area contributed by atoms with E-state index >= 15 is 0 Å². The fourth-order valence-corrected chi connectivity index (χ4v) is 5.04. The minimum atomic E-state index is 0.0455. The number of aromatic nitrogens is 3. The van der Waals surface area contributed by atoms with E-state index in [-0.39, 0.29) is 5.91 Å². The number of fused-ring (bicyclic) bond motifs is 1. The van der Waals surface area contributed by atoms with Crippen LogP contribution in [-0.4, -0.2) is 47.2 Å². The molecule has 7 nitrogen and oxygen atoms in total. The van der Waals surface area contributed by atoms with Crippen LogP contribution in [0.25, 0.3) is 10.2 Å². The number of thioether (sulfide) groups is 1. The molecule has 2 aromatic carbocycles. The van der Waals surface area contributed by atoms with Gasteiger partial charge < -0.3 is 9.47 Å². The summed E-state index contributed by atoms with van der Waals surface area (Å²) in [4.78, 5) is 20.8. The monoisotopic (exact) mass is 468 g/mol. The molecule has 9 heteroatoms. The maximum Gasteiger partial charge on any atom is 0.229 e. The third-order valence-electron chi connectivity index (χ3n) is 4.87. The molecule has 0 aliphatic carbocycles. The Hall–Kier alpha value is -3.04. The molecule has 0 radical (unpaired) electrons. The van der Waals surface area contributed by atoms with Crippen LogP contribution in [0.1, 0.15) is 6.42 Å². The van der Waals surface area contributed by atoms with E-state index in [1.54, 1.807) is 37.1 Å². The lowest BCUT2D eigenvalue weighted by molar-refractivity contribution is -0.118. The number of amides is 1. The number of anilines is 1. The Morgan fingerprint density at radius 3 is 2.62 bits per heavy atom. The largest absolute Gasteiger partial charge is 0.497 e. The van der Waals surface area contributed by atoms with Crippen LogP contribution in [0.5, 0.6) is 11.5 Å². The van der Waals surface area contributed by atoms with E-state index < -0.39 is 0 Å². The quantitative estimate of drug-likeness (QED) is 0.314. The molecule has 2 heterocycles. The lowest BCUT2D eigenvalue weighted by Gasteiger charge is -2.20. The van der Waals surface area contributed by atoms with Crippen LogP contribution in [0.3, 0.4) is 0 Å². The minimum Gasteiger partial charge on any atom is -0.497 e. The molecule has 0 saturated heterocycles. The molecule has 166 valence electrons. The van der Waals surface area contributed by atoms with Gasteiger partial charge in [-0.2, -0.15) is 5.10 Å². The Kier molecular flexibility index (Phi) is 7.28. The van der Waals surface area contributed by atoms with Crippen molar-refractivity contribution in [3.63, 3.8) is 0 Å². The molecule has 0 N–H and O–H groups in total. The van der Waals surface area contributed by atoms with Gasteiger partial charge in [-0.1, -0.05) is 11.3 Å². The molecule has 32 heavy (non-hydrogen) atoms. The van der Waals surface area contributed by atoms with Gasteiger partial charge in [0.2, 0.25) is 5.91 Å². The summed E-state index contributed by atoms with van der Waals surface area (Å²) < 4.78 is 13.3. The van der Waals surface area contributed by atoms with Gasteiger partial charge >= 0.3 is 0 Å². The first-order valence-corrected chi connectivity index (χ1v) is 12.0. The molecule has 0 fully saturated rings. The zero-order valence-electron chi connectivity index (χ0n) is 17.9. The first-order chi connectivity index (χ1) is 15.7. The highest BCUT2D eigenvalue weighted by atomic mass is 32.2. The Bertz CT molecular complexity index is 1160. The number of hydrogen-bond acceptors (Lipinski definition) is 7. The third kappa shape index (κ3) is 5.41. The van der Waals surface area contributed by atoms with E-state index in [1.807, 2.05) is 59.4 Å². The van der Waals surface area contributed by atoms with Crippen LogP contribution in [0.15, 0.2) is 65.8 Å². The van der Waals surface area contributed by atoms with Crippen molar-refractivity contribution in [3.05, 3.63) is 60.9 Å². The lowest BCUT2D eigenvalue weighted by Crippen LogP contribution is -2.34. The van der Waals surface area contributed by atoms with Crippen molar-refractivity contribution in [2.24, 2.45) is 0 Å². The molecule has 0 spiro atoms. The van der Waals surface area contributed by atoms with Gasteiger partial charge in [0, 0.05) is 36.0 Å². The van der Waals surface area contributed by atoms with E-state index in [2.05, 4.69) is 5.10 Å². The van der Waals surface area contributed by atoms with Crippen molar-refractivity contribution in [2.45, 2.75) is 17.9 Å². The number of hydrogen-bond donors (Lipinski definition) is 0. The van der Waals surface area contributed by atoms with Gasteiger partial charge in [-0.25, -0.2) is 4.98 Å². The molecular formula is C23H24N4O3S2. The predicted octanol–water partition coefficient (Wildman–Crippen LogP) is 4.73. The molecule has 0 aliphatic rings. The van der Waals surface area contributed by atoms with Crippen molar-refractivity contribution in [1.82, 2.24) is 14.8 Å². The average Bonchev–Trinajstić information content (AvgIpc) is 3.49. The van der Waals surface area contributed by atoms with Crippen LogP contribution in [-0.2, 0) is 11.3 Å². The summed E-state index contributed by atoms with van der Waals surface area (Å²) in [6, 6.07) is 15.5. The molecule has 0 saturated carbocycles. The molecule has 4 aromatic rings. The number of benzene rings is 2. The lowest BCUT2D eigenvalue weighted by atomic mass is 10.3. The number of carbonyl (C=O) groups excluding carboxylic acids is 1. The SMILES string of the molecule is COc1ccc(SCCC(=O)N(CCn2cccn2)c2nc3ccc(OC)cc3s2)cc1. The number of carbonyl (C=O) groups is 1. The van der Waals surface area contributed by atoms with E-state index in [1.165, 1.54) is 11.3 Å².